The van der Waals surface area contributed by atoms with Gasteiger partial charge in [0, 0.05) is 49.0 Å². The summed E-state index contributed by atoms with van der Waals surface area (Å²) in [6, 6.07) is 18.5. The van der Waals surface area contributed by atoms with E-state index in [1.54, 1.807) is 34.3 Å². The van der Waals surface area contributed by atoms with Crippen LogP contribution in [0.3, 0.4) is 0 Å². The van der Waals surface area contributed by atoms with Crippen LogP contribution in [0.15, 0.2) is 73.1 Å². The zero-order valence-corrected chi connectivity index (χ0v) is 17.4. The Bertz CT molecular complexity index is 1180. The summed E-state index contributed by atoms with van der Waals surface area (Å²) in [5, 5.41) is 2.94. The summed E-state index contributed by atoms with van der Waals surface area (Å²) in [6.07, 6.45) is 4.13. The summed E-state index contributed by atoms with van der Waals surface area (Å²) < 4.78 is 0. The van der Waals surface area contributed by atoms with E-state index in [0.717, 1.165) is 23.4 Å². The molecule has 1 atom stereocenters. The van der Waals surface area contributed by atoms with Gasteiger partial charge in [-0.1, -0.05) is 24.3 Å². The average molecular weight is 426 g/mol. The number of pyridine rings is 1. The highest BCUT2D eigenvalue weighted by molar-refractivity contribution is 6.08. The maximum absolute atomic E-state index is 12.9. The Morgan fingerprint density at radius 1 is 1.03 bits per heavy atom. The van der Waals surface area contributed by atoms with Crippen LogP contribution >= 0.6 is 0 Å². The van der Waals surface area contributed by atoms with E-state index in [1.165, 1.54) is 0 Å². The van der Waals surface area contributed by atoms with Crippen LogP contribution in [-0.2, 0) is 16.0 Å². The zero-order chi connectivity index (χ0) is 22.1. The summed E-state index contributed by atoms with van der Waals surface area (Å²) in [7, 11) is 0. The second-order valence-corrected chi connectivity index (χ2v) is 8.02. The van der Waals surface area contributed by atoms with Crippen LogP contribution in [0, 0.1) is 5.92 Å². The fourth-order valence-electron chi connectivity index (χ4n) is 4.30. The Morgan fingerprint density at radius 3 is 2.66 bits per heavy atom. The van der Waals surface area contributed by atoms with Gasteiger partial charge in [-0.2, -0.15) is 0 Å². The van der Waals surface area contributed by atoms with E-state index in [2.05, 4.69) is 10.3 Å². The number of carbonyl (C=O) groups excluding carboxylic acids is 3. The van der Waals surface area contributed by atoms with Crippen molar-refractivity contribution >= 4 is 34.8 Å². The molecule has 1 aromatic heterocycles. The molecule has 1 saturated heterocycles. The molecule has 2 aliphatic heterocycles. The van der Waals surface area contributed by atoms with Gasteiger partial charge < -0.3 is 15.1 Å². The maximum atomic E-state index is 12.9. The Hall–Kier alpha value is -4.00. The molecule has 3 aromatic rings. The minimum atomic E-state index is -0.427. The van der Waals surface area contributed by atoms with Gasteiger partial charge in [0.1, 0.15) is 0 Å². The highest BCUT2D eigenvalue weighted by atomic mass is 16.2. The van der Waals surface area contributed by atoms with E-state index < -0.39 is 5.92 Å². The van der Waals surface area contributed by atoms with Crippen LogP contribution in [0.1, 0.15) is 22.3 Å². The van der Waals surface area contributed by atoms with Gasteiger partial charge in [-0.3, -0.25) is 19.4 Å². The van der Waals surface area contributed by atoms with Crippen molar-refractivity contribution in [2.24, 2.45) is 5.92 Å². The maximum Gasteiger partial charge on any atom is 0.259 e. The smallest absolute Gasteiger partial charge is 0.259 e. The number of anilines is 3. The first-order chi connectivity index (χ1) is 15.6. The standard InChI is InChI=1S/C25H22N4O3/c30-23-13-19(16-29(23)21-6-2-1-3-7-21)24(31)27-20-9-8-17-10-12-28(22(17)14-20)25(32)18-5-4-11-26-15-18/h1-9,11,14-15,19H,10,12-13,16H2,(H,27,31). The third-order valence-electron chi connectivity index (χ3n) is 5.97. The largest absolute Gasteiger partial charge is 0.326 e. The molecule has 0 radical (unpaired) electrons. The van der Waals surface area contributed by atoms with Crippen molar-refractivity contribution in [1.82, 2.24) is 4.98 Å². The molecular weight excluding hydrogens is 404 g/mol. The number of rotatable bonds is 4. The van der Waals surface area contributed by atoms with Crippen LogP contribution in [0.2, 0.25) is 0 Å². The molecule has 0 bridgehead atoms. The third-order valence-corrected chi connectivity index (χ3v) is 5.97. The molecule has 1 N–H and O–H groups in total. The topological polar surface area (TPSA) is 82.6 Å². The quantitative estimate of drug-likeness (QED) is 0.694. The number of amides is 3. The lowest BCUT2D eigenvalue weighted by Crippen LogP contribution is -2.29. The monoisotopic (exact) mass is 426 g/mol. The van der Waals surface area contributed by atoms with Crippen molar-refractivity contribution in [3.8, 4) is 0 Å². The molecule has 2 aliphatic rings. The van der Waals surface area contributed by atoms with Crippen molar-refractivity contribution < 1.29 is 14.4 Å². The van der Waals surface area contributed by atoms with Crippen LogP contribution in [0.5, 0.6) is 0 Å². The number of hydrogen-bond acceptors (Lipinski definition) is 4. The minimum absolute atomic E-state index is 0.0569. The van der Waals surface area contributed by atoms with Crippen LogP contribution in [0.4, 0.5) is 17.1 Å². The van der Waals surface area contributed by atoms with Gasteiger partial charge in [0.2, 0.25) is 11.8 Å². The lowest BCUT2D eigenvalue weighted by Gasteiger charge is -2.19. The highest BCUT2D eigenvalue weighted by Crippen LogP contribution is 2.33. The number of nitrogens with zero attached hydrogens (tertiary/aromatic N) is 3. The van der Waals surface area contributed by atoms with E-state index in [0.29, 0.717) is 24.3 Å². The molecule has 0 spiro atoms. The number of carbonyl (C=O) groups is 3. The van der Waals surface area contributed by atoms with Crippen molar-refractivity contribution in [3.63, 3.8) is 0 Å². The molecule has 1 fully saturated rings. The summed E-state index contributed by atoms with van der Waals surface area (Å²) in [5.41, 5.74) is 3.80. The summed E-state index contributed by atoms with van der Waals surface area (Å²) >= 11 is 0. The highest BCUT2D eigenvalue weighted by Gasteiger charge is 2.35. The lowest BCUT2D eigenvalue weighted by molar-refractivity contribution is -0.122. The van der Waals surface area contributed by atoms with Gasteiger partial charge >= 0.3 is 0 Å². The van der Waals surface area contributed by atoms with Crippen molar-refractivity contribution in [2.75, 3.05) is 28.2 Å². The second kappa shape index (κ2) is 8.26. The summed E-state index contributed by atoms with van der Waals surface area (Å²) in [4.78, 5) is 45.7. The summed E-state index contributed by atoms with van der Waals surface area (Å²) in [6.45, 7) is 0.939. The SMILES string of the molecule is O=C(Nc1ccc2c(c1)N(C(=O)c1cccnc1)CC2)C1CC(=O)N(c2ccccc2)C1. The van der Waals surface area contributed by atoms with Crippen molar-refractivity contribution in [3.05, 3.63) is 84.2 Å². The van der Waals surface area contributed by atoms with Crippen molar-refractivity contribution in [1.29, 1.82) is 0 Å². The molecule has 32 heavy (non-hydrogen) atoms. The summed E-state index contributed by atoms with van der Waals surface area (Å²) in [5.74, 6) is -0.789. The number of benzene rings is 2. The lowest BCUT2D eigenvalue weighted by atomic mass is 10.1. The van der Waals surface area contributed by atoms with E-state index >= 15 is 0 Å². The first-order valence-electron chi connectivity index (χ1n) is 10.6. The van der Waals surface area contributed by atoms with Gasteiger partial charge in [0.05, 0.1) is 11.5 Å². The first-order valence-corrected chi connectivity index (χ1v) is 10.6. The van der Waals surface area contributed by atoms with Gasteiger partial charge in [-0.25, -0.2) is 0 Å². The molecule has 1 unspecified atom stereocenters. The predicted molar refractivity (Wildman–Crippen MR) is 122 cm³/mol. The van der Waals surface area contributed by atoms with E-state index in [9.17, 15) is 14.4 Å². The van der Waals surface area contributed by atoms with Gasteiger partial charge in [0.15, 0.2) is 0 Å². The minimum Gasteiger partial charge on any atom is -0.326 e. The molecule has 5 rings (SSSR count). The molecule has 0 aliphatic carbocycles. The van der Waals surface area contributed by atoms with Gasteiger partial charge in [-0.15, -0.1) is 0 Å². The first kappa shape index (κ1) is 19.9. The second-order valence-electron chi connectivity index (χ2n) is 8.02. The Labute approximate surface area is 185 Å². The number of nitrogens with one attached hydrogen (secondary N) is 1. The van der Waals surface area contributed by atoms with Crippen LogP contribution in [0.25, 0.3) is 0 Å². The Kier molecular flexibility index (Phi) is 5.15. The van der Waals surface area contributed by atoms with Crippen molar-refractivity contribution in [2.45, 2.75) is 12.8 Å². The average Bonchev–Trinajstić information content (AvgIpc) is 3.43. The molecule has 160 valence electrons. The van der Waals surface area contributed by atoms with Crippen LogP contribution in [-0.4, -0.2) is 35.8 Å². The van der Waals surface area contributed by atoms with E-state index in [1.807, 2.05) is 48.5 Å². The predicted octanol–water partition coefficient (Wildman–Crippen LogP) is 3.28. The Balaban J connectivity index is 1.30. The number of para-hydroxylation sites is 1. The number of hydrogen-bond donors (Lipinski definition) is 1. The zero-order valence-electron chi connectivity index (χ0n) is 17.4. The molecule has 0 saturated carbocycles. The normalized spacial score (nSPS) is 17.4. The number of fused-ring (bicyclic) bond motifs is 1. The van der Waals surface area contributed by atoms with Gasteiger partial charge in [-0.05, 0) is 48.4 Å². The van der Waals surface area contributed by atoms with E-state index in [-0.39, 0.29) is 24.1 Å². The molecule has 2 aromatic carbocycles. The fourth-order valence-corrected chi connectivity index (χ4v) is 4.30. The Morgan fingerprint density at radius 2 is 1.88 bits per heavy atom. The molecule has 7 heteroatoms. The molecule has 3 amide bonds. The number of aromatic nitrogens is 1. The van der Waals surface area contributed by atoms with Gasteiger partial charge in [0.25, 0.3) is 5.91 Å². The van der Waals surface area contributed by atoms with Crippen LogP contribution < -0.4 is 15.1 Å². The van der Waals surface area contributed by atoms with E-state index in [4.69, 9.17) is 0 Å². The molecule has 7 nitrogen and oxygen atoms in total. The fraction of sp³-hybridized carbons (Fsp3) is 0.200. The molecular formula is C25H22N4O3. The molecule has 3 heterocycles. The third kappa shape index (κ3) is 3.73.